The highest BCUT2D eigenvalue weighted by Gasteiger charge is 2.07. The fourth-order valence-electron chi connectivity index (χ4n) is 2.01. The molecule has 0 fully saturated rings. The van der Waals surface area contributed by atoms with Gasteiger partial charge in [-0.25, -0.2) is 4.79 Å². The zero-order chi connectivity index (χ0) is 16.7. The number of unbranched alkanes of at least 4 members (excludes halogenated alkanes) is 1. The Balaban J connectivity index is 2.06. The SMILES string of the molecule is CCCCOC(=O)c1ccc(Nc2ccccc2C(=O)[O-])cc1. The van der Waals surface area contributed by atoms with E-state index in [9.17, 15) is 14.7 Å². The van der Waals surface area contributed by atoms with E-state index in [1.807, 2.05) is 6.92 Å². The molecule has 0 spiro atoms. The van der Waals surface area contributed by atoms with Crippen LogP contribution in [0.4, 0.5) is 11.4 Å². The number of carboxylic acid groups (broad SMARTS) is 1. The average molecular weight is 312 g/mol. The maximum absolute atomic E-state index is 11.8. The number of carboxylic acids is 1. The Morgan fingerprint density at radius 1 is 1.09 bits per heavy atom. The van der Waals surface area contributed by atoms with Crippen LogP contribution in [0.5, 0.6) is 0 Å². The molecule has 120 valence electrons. The van der Waals surface area contributed by atoms with Crippen LogP contribution in [-0.2, 0) is 4.74 Å². The van der Waals surface area contributed by atoms with Crippen LogP contribution in [0.1, 0.15) is 40.5 Å². The van der Waals surface area contributed by atoms with E-state index in [1.165, 1.54) is 6.07 Å². The van der Waals surface area contributed by atoms with Crippen molar-refractivity contribution in [2.75, 3.05) is 11.9 Å². The van der Waals surface area contributed by atoms with Crippen molar-refractivity contribution < 1.29 is 19.4 Å². The van der Waals surface area contributed by atoms with Gasteiger partial charge >= 0.3 is 5.97 Å². The summed E-state index contributed by atoms with van der Waals surface area (Å²) in [5.41, 5.74) is 1.64. The average Bonchev–Trinajstić information content (AvgIpc) is 2.56. The Kier molecular flexibility index (Phi) is 5.74. The predicted octanol–water partition coefficient (Wildman–Crippen LogP) is 2.75. The van der Waals surface area contributed by atoms with Crippen LogP contribution in [0.2, 0.25) is 0 Å². The fourth-order valence-corrected chi connectivity index (χ4v) is 2.01. The van der Waals surface area contributed by atoms with Crippen LogP contribution in [0.3, 0.4) is 0 Å². The number of benzene rings is 2. The molecule has 0 saturated carbocycles. The van der Waals surface area contributed by atoms with Crippen molar-refractivity contribution in [3.8, 4) is 0 Å². The van der Waals surface area contributed by atoms with Crippen molar-refractivity contribution >= 4 is 23.3 Å². The number of carbonyl (C=O) groups excluding carboxylic acids is 2. The van der Waals surface area contributed by atoms with Crippen LogP contribution in [0.25, 0.3) is 0 Å². The molecule has 1 N–H and O–H groups in total. The number of aromatic carboxylic acids is 1. The van der Waals surface area contributed by atoms with E-state index in [4.69, 9.17) is 4.74 Å². The number of anilines is 2. The number of rotatable bonds is 7. The van der Waals surface area contributed by atoms with Gasteiger partial charge in [0.1, 0.15) is 0 Å². The molecule has 0 heterocycles. The Morgan fingerprint density at radius 3 is 2.43 bits per heavy atom. The van der Waals surface area contributed by atoms with Crippen LogP contribution < -0.4 is 10.4 Å². The lowest BCUT2D eigenvalue weighted by Crippen LogP contribution is -2.23. The van der Waals surface area contributed by atoms with Gasteiger partial charge in [-0.1, -0.05) is 31.5 Å². The number of nitrogens with one attached hydrogen (secondary N) is 1. The highest BCUT2D eigenvalue weighted by Crippen LogP contribution is 2.21. The summed E-state index contributed by atoms with van der Waals surface area (Å²) in [7, 11) is 0. The monoisotopic (exact) mass is 312 g/mol. The summed E-state index contributed by atoms with van der Waals surface area (Å²) < 4.78 is 5.13. The molecule has 0 amide bonds. The molecule has 0 bridgehead atoms. The predicted molar refractivity (Wildman–Crippen MR) is 85.7 cm³/mol. The smallest absolute Gasteiger partial charge is 0.338 e. The number of carbonyl (C=O) groups is 2. The van der Waals surface area contributed by atoms with Gasteiger partial charge in [0, 0.05) is 16.9 Å². The van der Waals surface area contributed by atoms with Crippen LogP contribution in [0.15, 0.2) is 48.5 Å². The molecule has 0 aliphatic rings. The molecule has 0 aromatic heterocycles. The molecule has 5 heteroatoms. The summed E-state index contributed by atoms with van der Waals surface area (Å²) in [6, 6.07) is 13.1. The van der Waals surface area contributed by atoms with Gasteiger partial charge in [0.15, 0.2) is 0 Å². The first-order valence-electron chi connectivity index (χ1n) is 7.46. The molecule has 2 aromatic carbocycles. The second-order valence-electron chi connectivity index (χ2n) is 5.02. The van der Waals surface area contributed by atoms with E-state index < -0.39 is 5.97 Å². The van der Waals surface area contributed by atoms with Gasteiger partial charge in [-0.05, 0) is 36.8 Å². The minimum atomic E-state index is -1.25. The van der Waals surface area contributed by atoms with Crippen molar-refractivity contribution in [1.82, 2.24) is 0 Å². The lowest BCUT2D eigenvalue weighted by molar-refractivity contribution is -0.254. The summed E-state index contributed by atoms with van der Waals surface area (Å²) in [6.07, 6.45) is 1.80. The topological polar surface area (TPSA) is 78.5 Å². The van der Waals surface area contributed by atoms with Gasteiger partial charge in [-0.2, -0.15) is 0 Å². The second kappa shape index (κ2) is 7.98. The molecule has 2 aromatic rings. The van der Waals surface area contributed by atoms with Crippen molar-refractivity contribution in [2.24, 2.45) is 0 Å². The van der Waals surface area contributed by atoms with Gasteiger partial charge in [0.2, 0.25) is 0 Å². The largest absolute Gasteiger partial charge is 0.545 e. The van der Waals surface area contributed by atoms with E-state index in [-0.39, 0.29) is 11.5 Å². The molecule has 0 radical (unpaired) electrons. The number of hydrogen-bond donors (Lipinski definition) is 1. The first kappa shape index (κ1) is 16.5. The van der Waals surface area contributed by atoms with Gasteiger partial charge in [0.25, 0.3) is 0 Å². The van der Waals surface area contributed by atoms with E-state index in [1.54, 1.807) is 42.5 Å². The quantitative estimate of drug-likeness (QED) is 0.628. The molecule has 0 unspecified atom stereocenters. The Bertz CT molecular complexity index is 680. The van der Waals surface area contributed by atoms with Crippen LogP contribution in [0, 0.1) is 0 Å². The van der Waals surface area contributed by atoms with Crippen molar-refractivity contribution in [3.05, 3.63) is 59.7 Å². The number of ether oxygens (including phenoxy) is 1. The molecule has 5 nitrogen and oxygen atoms in total. The Labute approximate surface area is 134 Å². The zero-order valence-corrected chi connectivity index (χ0v) is 12.9. The zero-order valence-electron chi connectivity index (χ0n) is 12.9. The van der Waals surface area contributed by atoms with Gasteiger partial charge in [-0.15, -0.1) is 0 Å². The normalized spacial score (nSPS) is 10.1. The lowest BCUT2D eigenvalue weighted by atomic mass is 10.1. The van der Waals surface area contributed by atoms with E-state index in [2.05, 4.69) is 5.32 Å². The molecular weight excluding hydrogens is 294 g/mol. The number of esters is 1. The number of hydrogen-bond acceptors (Lipinski definition) is 5. The lowest BCUT2D eigenvalue weighted by Gasteiger charge is -2.13. The molecule has 0 aliphatic heterocycles. The highest BCUT2D eigenvalue weighted by molar-refractivity contribution is 5.94. The van der Waals surface area contributed by atoms with E-state index >= 15 is 0 Å². The Morgan fingerprint density at radius 2 is 1.78 bits per heavy atom. The Hall–Kier alpha value is -2.82. The highest BCUT2D eigenvalue weighted by atomic mass is 16.5. The molecule has 2 rings (SSSR count). The van der Waals surface area contributed by atoms with Crippen LogP contribution >= 0.6 is 0 Å². The summed E-state index contributed by atoms with van der Waals surface area (Å²) in [5.74, 6) is -1.61. The minimum absolute atomic E-state index is 0.0792. The summed E-state index contributed by atoms with van der Waals surface area (Å²) >= 11 is 0. The van der Waals surface area contributed by atoms with Gasteiger partial charge in [-0.3, -0.25) is 0 Å². The third kappa shape index (κ3) is 4.57. The van der Waals surface area contributed by atoms with E-state index in [0.717, 1.165) is 12.8 Å². The molecule has 0 saturated heterocycles. The van der Waals surface area contributed by atoms with Gasteiger partial charge in [0.05, 0.1) is 18.1 Å². The van der Waals surface area contributed by atoms with E-state index in [0.29, 0.717) is 23.5 Å². The summed E-state index contributed by atoms with van der Waals surface area (Å²) in [6.45, 7) is 2.44. The number of para-hydroxylation sites is 1. The third-order valence-electron chi connectivity index (χ3n) is 3.28. The molecular formula is C18H18NO4-. The standard InChI is InChI=1S/C18H19NO4/c1-2-3-12-23-18(22)13-8-10-14(11-9-13)19-16-7-5-4-6-15(16)17(20)21/h4-11,19H,2-3,12H2,1H3,(H,20,21)/p-1. The first-order valence-corrected chi connectivity index (χ1v) is 7.46. The maximum Gasteiger partial charge on any atom is 0.338 e. The summed E-state index contributed by atoms with van der Waals surface area (Å²) in [5, 5.41) is 14.1. The molecule has 0 atom stereocenters. The van der Waals surface area contributed by atoms with Crippen molar-refractivity contribution in [2.45, 2.75) is 19.8 Å². The summed E-state index contributed by atoms with van der Waals surface area (Å²) in [4.78, 5) is 22.9. The van der Waals surface area contributed by atoms with Crippen molar-refractivity contribution in [3.63, 3.8) is 0 Å². The molecule has 0 aliphatic carbocycles. The van der Waals surface area contributed by atoms with Crippen LogP contribution in [-0.4, -0.2) is 18.5 Å². The molecule has 23 heavy (non-hydrogen) atoms. The van der Waals surface area contributed by atoms with Gasteiger partial charge < -0.3 is 20.0 Å². The van der Waals surface area contributed by atoms with Crippen molar-refractivity contribution in [1.29, 1.82) is 0 Å². The first-order chi connectivity index (χ1) is 11.1. The third-order valence-corrected chi connectivity index (χ3v) is 3.28. The second-order valence-corrected chi connectivity index (χ2v) is 5.02. The minimum Gasteiger partial charge on any atom is -0.545 e. The maximum atomic E-state index is 11.8. The fraction of sp³-hybridized carbons (Fsp3) is 0.222.